The molecule has 1 aromatic heterocycles. The van der Waals surface area contributed by atoms with Crippen molar-refractivity contribution in [1.82, 2.24) is 20.2 Å². The van der Waals surface area contributed by atoms with Crippen LogP contribution in [0, 0.1) is 0 Å². The number of benzene rings is 1. The van der Waals surface area contributed by atoms with E-state index in [1.54, 1.807) is 0 Å². The third-order valence-electron chi connectivity index (χ3n) is 3.26. The lowest BCUT2D eigenvalue weighted by Gasteiger charge is -2.35. The number of anilines is 1. The Labute approximate surface area is 135 Å². The molecule has 13 heteroatoms. The molecule has 1 heterocycles. The smallest absolute Gasteiger partial charge is 0.414 e. The third kappa shape index (κ3) is 3.08. The number of amides is 1. The maximum absolute atomic E-state index is 13.6. The van der Waals surface area contributed by atoms with Crippen LogP contribution in [0.25, 0.3) is 0 Å². The Morgan fingerprint density at radius 3 is 1.96 bits per heavy atom. The third-order valence-corrected chi connectivity index (χ3v) is 3.26. The Morgan fingerprint density at radius 2 is 1.60 bits per heavy atom. The number of carbonyl (C=O) groups is 1. The van der Waals surface area contributed by atoms with Crippen LogP contribution in [-0.4, -0.2) is 43.8 Å². The normalized spacial score (nSPS) is 12.9. The van der Waals surface area contributed by atoms with Gasteiger partial charge < -0.3 is 5.11 Å². The van der Waals surface area contributed by atoms with Crippen molar-refractivity contribution in [1.29, 1.82) is 0 Å². The number of tetrazole rings is 1. The summed E-state index contributed by atoms with van der Waals surface area (Å²) in [6.07, 6.45) is -13.2. The summed E-state index contributed by atoms with van der Waals surface area (Å²) in [5.41, 5.74) is -5.95. The molecule has 7 nitrogen and oxygen atoms in total. The van der Waals surface area contributed by atoms with Gasteiger partial charge in [0.05, 0.1) is 7.05 Å². The summed E-state index contributed by atoms with van der Waals surface area (Å²) in [6, 6.07) is 2.54. The molecule has 2 N–H and O–H groups in total. The van der Waals surface area contributed by atoms with Gasteiger partial charge in [-0.15, -0.1) is 10.2 Å². The fraction of sp³-hybridized carbons (Fsp3) is 0.333. The Bertz CT molecular complexity index is 754. The van der Waals surface area contributed by atoms with Crippen LogP contribution in [0.5, 0.6) is 0 Å². The van der Waals surface area contributed by atoms with Gasteiger partial charge in [-0.2, -0.15) is 31.1 Å². The molecule has 1 amide bonds. The number of rotatable bonds is 3. The Kier molecular flexibility index (Phi) is 4.36. The topological polar surface area (TPSA) is 92.9 Å². The molecule has 0 aliphatic heterocycles. The molecule has 1 aromatic carbocycles. The molecule has 0 fully saturated rings. The van der Waals surface area contributed by atoms with Gasteiger partial charge in [0.25, 0.3) is 0 Å². The molecule has 0 spiro atoms. The molecular weight excluding hydrogens is 360 g/mol. The van der Waals surface area contributed by atoms with E-state index >= 15 is 0 Å². The van der Waals surface area contributed by atoms with Gasteiger partial charge in [-0.25, -0.2) is 4.79 Å². The number of halogens is 6. The van der Waals surface area contributed by atoms with Crippen LogP contribution < -0.4 is 5.32 Å². The van der Waals surface area contributed by atoms with Crippen LogP contribution in [0.2, 0.25) is 0 Å². The van der Waals surface area contributed by atoms with Crippen LogP contribution in [0.1, 0.15) is 11.4 Å². The summed E-state index contributed by atoms with van der Waals surface area (Å²) < 4.78 is 81.7. The predicted molar refractivity (Wildman–Crippen MR) is 69.8 cm³/mol. The summed E-state index contributed by atoms with van der Waals surface area (Å²) in [5, 5.41) is 19.4. The number of hydrogen-bond donors (Lipinski definition) is 2. The second-order valence-electron chi connectivity index (χ2n) is 4.86. The number of nitrogens with zero attached hydrogens (tertiary/aromatic N) is 4. The predicted octanol–water partition coefficient (Wildman–Crippen LogP) is 2.71. The quantitative estimate of drug-likeness (QED) is 0.812. The molecule has 0 atom stereocenters. The number of aromatic nitrogens is 4. The molecule has 0 aliphatic carbocycles. The maximum Gasteiger partial charge on any atom is 0.414 e. The van der Waals surface area contributed by atoms with Gasteiger partial charge in [0.1, 0.15) is 0 Å². The van der Waals surface area contributed by atoms with Crippen molar-refractivity contribution in [2.24, 2.45) is 7.05 Å². The highest BCUT2D eigenvalue weighted by atomic mass is 19.4. The lowest BCUT2D eigenvalue weighted by Crippen LogP contribution is -2.55. The second kappa shape index (κ2) is 5.89. The summed E-state index contributed by atoms with van der Waals surface area (Å²) in [4.78, 5) is 11.0. The maximum atomic E-state index is 13.6. The van der Waals surface area contributed by atoms with Crippen molar-refractivity contribution in [3.8, 4) is 0 Å². The van der Waals surface area contributed by atoms with E-state index in [2.05, 4.69) is 15.4 Å². The monoisotopic (exact) mass is 369 g/mol. The van der Waals surface area contributed by atoms with Crippen molar-refractivity contribution < 1.29 is 36.2 Å². The zero-order chi connectivity index (χ0) is 19.0. The van der Waals surface area contributed by atoms with Crippen molar-refractivity contribution in [2.45, 2.75) is 17.8 Å². The first-order valence-electron chi connectivity index (χ1n) is 6.38. The standard InChI is InChI=1S/C12H9F6N5O2/c1-23-21-8(20-22-23)10(11(13,14)15,12(16,17)18)6-2-4-7(5-3-6)19-9(24)25/h2-5,19H,1H3,(H,24,25). The van der Waals surface area contributed by atoms with Crippen molar-refractivity contribution in [2.75, 3.05) is 5.32 Å². The molecule has 2 aromatic rings. The van der Waals surface area contributed by atoms with Crippen LogP contribution in [0.3, 0.4) is 0 Å². The molecule has 0 saturated carbocycles. The minimum absolute atomic E-state index is 0.207. The first-order valence-corrected chi connectivity index (χ1v) is 6.38. The van der Waals surface area contributed by atoms with E-state index in [9.17, 15) is 31.1 Å². The average molecular weight is 369 g/mol. The first kappa shape index (κ1) is 18.5. The van der Waals surface area contributed by atoms with E-state index in [4.69, 9.17) is 5.11 Å². The van der Waals surface area contributed by atoms with Gasteiger partial charge in [0.2, 0.25) is 11.2 Å². The summed E-state index contributed by atoms with van der Waals surface area (Å²) in [7, 11) is 1.02. The highest BCUT2D eigenvalue weighted by Crippen LogP contribution is 2.55. The molecular formula is C12H9F6N5O2. The summed E-state index contributed by atoms with van der Waals surface area (Å²) >= 11 is 0. The van der Waals surface area contributed by atoms with E-state index in [1.165, 1.54) is 0 Å². The van der Waals surface area contributed by atoms with Crippen LogP contribution in [0.15, 0.2) is 24.3 Å². The SMILES string of the molecule is Cn1nnc(C(c2ccc(NC(=O)O)cc2)(C(F)(F)F)C(F)(F)F)n1. The molecule has 0 radical (unpaired) electrons. The van der Waals surface area contributed by atoms with E-state index in [1.807, 2.05) is 5.32 Å². The van der Waals surface area contributed by atoms with Gasteiger partial charge in [0, 0.05) is 5.69 Å². The van der Waals surface area contributed by atoms with Crippen LogP contribution in [-0.2, 0) is 12.5 Å². The lowest BCUT2D eigenvalue weighted by atomic mass is 9.78. The Balaban J connectivity index is 2.72. The van der Waals surface area contributed by atoms with E-state index in [0.717, 1.165) is 19.2 Å². The van der Waals surface area contributed by atoms with Gasteiger partial charge in [-0.3, -0.25) is 5.32 Å². The number of hydrogen-bond acceptors (Lipinski definition) is 4. The fourth-order valence-electron chi connectivity index (χ4n) is 2.23. The van der Waals surface area contributed by atoms with E-state index < -0.39 is 35.2 Å². The number of alkyl halides is 6. The zero-order valence-electron chi connectivity index (χ0n) is 12.2. The summed E-state index contributed by atoms with van der Waals surface area (Å²) in [6.45, 7) is 0. The van der Waals surface area contributed by atoms with Gasteiger partial charge >= 0.3 is 18.4 Å². The van der Waals surface area contributed by atoms with Gasteiger partial charge in [0.15, 0.2) is 0 Å². The Morgan fingerprint density at radius 1 is 1.08 bits per heavy atom. The van der Waals surface area contributed by atoms with Crippen LogP contribution in [0.4, 0.5) is 36.8 Å². The molecule has 136 valence electrons. The summed E-state index contributed by atoms with van der Waals surface area (Å²) in [5.74, 6) is -1.59. The molecule has 0 bridgehead atoms. The highest BCUT2D eigenvalue weighted by molar-refractivity contribution is 5.82. The van der Waals surface area contributed by atoms with Crippen molar-refractivity contribution in [3.63, 3.8) is 0 Å². The van der Waals surface area contributed by atoms with E-state index in [-0.39, 0.29) is 5.69 Å². The minimum atomic E-state index is -5.84. The van der Waals surface area contributed by atoms with Crippen molar-refractivity contribution >= 4 is 11.8 Å². The number of nitrogens with one attached hydrogen (secondary N) is 1. The highest BCUT2D eigenvalue weighted by Gasteiger charge is 2.75. The lowest BCUT2D eigenvalue weighted by molar-refractivity contribution is -0.290. The van der Waals surface area contributed by atoms with Gasteiger partial charge in [-0.05, 0) is 22.9 Å². The first-order chi connectivity index (χ1) is 11.4. The molecule has 2 rings (SSSR count). The molecule has 0 saturated heterocycles. The number of carboxylic acid groups (broad SMARTS) is 1. The fourth-order valence-corrected chi connectivity index (χ4v) is 2.23. The number of aryl methyl sites for hydroxylation is 1. The minimum Gasteiger partial charge on any atom is -0.465 e. The Hall–Kier alpha value is -2.86. The van der Waals surface area contributed by atoms with Crippen LogP contribution >= 0.6 is 0 Å². The largest absolute Gasteiger partial charge is 0.465 e. The zero-order valence-corrected chi connectivity index (χ0v) is 12.2. The second-order valence-corrected chi connectivity index (χ2v) is 4.86. The average Bonchev–Trinajstić information content (AvgIpc) is 2.84. The molecule has 0 unspecified atom stereocenters. The molecule has 25 heavy (non-hydrogen) atoms. The van der Waals surface area contributed by atoms with E-state index in [0.29, 0.717) is 16.9 Å². The van der Waals surface area contributed by atoms with Crippen molar-refractivity contribution in [3.05, 3.63) is 35.7 Å². The molecule has 0 aliphatic rings. The van der Waals surface area contributed by atoms with Gasteiger partial charge in [-0.1, -0.05) is 12.1 Å².